The van der Waals surface area contributed by atoms with Crippen LogP contribution >= 0.6 is 0 Å². The first kappa shape index (κ1) is 12.2. The molecular weight excluding hydrogens is 158 g/mol. The summed E-state index contributed by atoms with van der Waals surface area (Å²) in [6.45, 7) is 0. The lowest BCUT2D eigenvalue weighted by atomic mass is 10.3. The van der Waals surface area contributed by atoms with Gasteiger partial charge in [-0.05, 0) is 0 Å². The topological polar surface area (TPSA) is 104 Å². The van der Waals surface area contributed by atoms with E-state index in [-0.39, 0.29) is 17.4 Å². The Morgan fingerprint density at radius 2 is 1.70 bits per heavy atom. The summed E-state index contributed by atoms with van der Waals surface area (Å²) in [5.74, 6) is -3.58. The third-order valence-corrected chi connectivity index (χ3v) is 0.387. The minimum Gasteiger partial charge on any atom is -0.476 e. The molecule has 0 saturated heterocycles. The molecule has 0 aromatic carbocycles. The summed E-state index contributed by atoms with van der Waals surface area (Å²) >= 11 is 0. The standard InChI is InChI=1S/C2H3BO6.Al.3H/c4-1(5)2(6)9-3(7)8;;;;/h7-8H,(H,4,5);;;;. The van der Waals surface area contributed by atoms with E-state index in [2.05, 4.69) is 4.65 Å². The Morgan fingerprint density at radius 1 is 1.30 bits per heavy atom. The molecule has 0 rings (SSSR count). The van der Waals surface area contributed by atoms with Crippen molar-refractivity contribution in [3.63, 3.8) is 0 Å². The lowest BCUT2D eigenvalue weighted by Crippen LogP contribution is -2.27. The number of carboxylic acids is 1. The van der Waals surface area contributed by atoms with Gasteiger partial charge < -0.3 is 19.8 Å². The Kier molecular flexibility index (Phi) is 6.40. The zero-order valence-electron chi connectivity index (χ0n) is 4.14. The van der Waals surface area contributed by atoms with Crippen LogP contribution in [-0.4, -0.2) is 51.8 Å². The first-order chi connectivity index (χ1) is 4.04. The monoisotopic (exact) mass is 164 g/mol. The van der Waals surface area contributed by atoms with Crippen molar-refractivity contribution in [3.05, 3.63) is 0 Å². The maximum absolute atomic E-state index is 9.81. The quantitative estimate of drug-likeness (QED) is 0.273. The second-order valence-corrected chi connectivity index (χ2v) is 1.04. The maximum atomic E-state index is 9.81. The fraction of sp³-hybridized carbons (Fsp3) is 0. The first-order valence-electron chi connectivity index (χ1n) is 1.84. The Labute approximate surface area is 66.7 Å². The molecule has 0 aromatic rings. The van der Waals surface area contributed by atoms with E-state index in [1.54, 1.807) is 0 Å². The van der Waals surface area contributed by atoms with Crippen LogP contribution < -0.4 is 0 Å². The van der Waals surface area contributed by atoms with Crippen LogP contribution in [0, 0.1) is 0 Å². The summed E-state index contributed by atoms with van der Waals surface area (Å²) in [4.78, 5) is 19.3. The van der Waals surface area contributed by atoms with E-state index in [0.29, 0.717) is 0 Å². The smallest absolute Gasteiger partial charge is 0.476 e. The van der Waals surface area contributed by atoms with Crippen LogP contribution in [0.15, 0.2) is 0 Å². The Morgan fingerprint density at radius 3 is 1.80 bits per heavy atom. The lowest BCUT2D eigenvalue weighted by molar-refractivity contribution is -0.159. The molecule has 3 N–H and O–H groups in total. The fourth-order valence-electron chi connectivity index (χ4n) is 0.146. The zero-order valence-corrected chi connectivity index (χ0v) is 4.14. The molecule has 0 spiro atoms. The van der Waals surface area contributed by atoms with Crippen LogP contribution in [0.25, 0.3) is 0 Å². The van der Waals surface area contributed by atoms with Crippen molar-refractivity contribution in [1.29, 1.82) is 0 Å². The molecule has 0 heterocycles. The van der Waals surface area contributed by atoms with Crippen molar-refractivity contribution in [2.75, 3.05) is 0 Å². The molecule has 56 valence electrons. The second-order valence-electron chi connectivity index (χ2n) is 1.04. The molecule has 0 aromatic heterocycles. The van der Waals surface area contributed by atoms with E-state index in [0.717, 1.165) is 0 Å². The van der Waals surface area contributed by atoms with Gasteiger partial charge in [0, 0.05) is 0 Å². The zero-order chi connectivity index (χ0) is 7.44. The third kappa shape index (κ3) is 5.59. The number of carboxylic acid groups (broad SMARTS) is 1. The molecule has 8 heteroatoms. The van der Waals surface area contributed by atoms with Gasteiger partial charge in [-0.25, -0.2) is 9.59 Å². The molecule has 0 atom stereocenters. The first-order valence-corrected chi connectivity index (χ1v) is 1.84. The van der Waals surface area contributed by atoms with Crippen LogP contribution in [-0.2, 0) is 14.2 Å². The molecular formula is C2H6AlBO6. The molecule has 0 unspecified atom stereocenters. The van der Waals surface area contributed by atoms with E-state index in [1.165, 1.54) is 0 Å². The van der Waals surface area contributed by atoms with Gasteiger partial charge in [-0.15, -0.1) is 0 Å². The third-order valence-electron chi connectivity index (χ3n) is 0.387. The van der Waals surface area contributed by atoms with Gasteiger partial charge in [-0.3, -0.25) is 0 Å². The Bertz CT molecular complexity index is 134. The van der Waals surface area contributed by atoms with Crippen LogP contribution in [0.1, 0.15) is 0 Å². The van der Waals surface area contributed by atoms with Gasteiger partial charge in [-0.2, -0.15) is 0 Å². The summed E-state index contributed by atoms with van der Waals surface area (Å²) in [5.41, 5.74) is 0. The Hall–Kier alpha value is -0.543. The van der Waals surface area contributed by atoms with E-state index in [1.807, 2.05) is 0 Å². The maximum Gasteiger partial charge on any atom is 0.709 e. The summed E-state index contributed by atoms with van der Waals surface area (Å²) in [6, 6.07) is 0. The predicted molar refractivity (Wildman–Crippen MR) is 33.9 cm³/mol. The normalized spacial score (nSPS) is 7.40. The lowest BCUT2D eigenvalue weighted by Gasteiger charge is -1.95. The van der Waals surface area contributed by atoms with Crippen molar-refractivity contribution in [2.24, 2.45) is 0 Å². The summed E-state index contributed by atoms with van der Waals surface area (Å²) in [5, 5.41) is 23.4. The summed E-state index contributed by atoms with van der Waals surface area (Å²) < 4.78 is 3.38. The second kappa shape index (κ2) is 5.26. The number of carbonyl (C=O) groups excluding carboxylic acids is 1. The van der Waals surface area contributed by atoms with E-state index >= 15 is 0 Å². The highest BCUT2D eigenvalue weighted by Crippen LogP contribution is 1.77. The highest BCUT2D eigenvalue weighted by molar-refractivity contribution is 6.42. The molecule has 0 aliphatic carbocycles. The van der Waals surface area contributed by atoms with Gasteiger partial charge in [0.15, 0.2) is 17.4 Å². The molecule has 10 heavy (non-hydrogen) atoms. The molecule has 6 nitrogen and oxygen atoms in total. The molecule has 0 bridgehead atoms. The average Bonchev–Trinajstić information content (AvgIpc) is 1.63. The highest BCUT2D eigenvalue weighted by atomic mass is 27.0. The van der Waals surface area contributed by atoms with Gasteiger partial charge in [0.2, 0.25) is 0 Å². The predicted octanol–water partition coefficient (Wildman–Crippen LogP) is -3.60. The number of aliphatic carboxylic acids is 1. The van der Waals surface area contributed by atoms with Gasteiger partial charge >= 0.3 is 19.3 Å². The summed E-state index contributed by atoms with van der Waals surface area (Å²) in [6.07, 6.45) is 0. The average molecular weight is 164 g/mol. The van der Waals surface area contributed by atoms with Crippen LogP contribution in [0.5, 0.6) is 0 Å². The van der Waals surface area contributed by atoms with Gasteiger partial charge in [0.05, 0.1) is 0 Å². The fourth-order valence-corrected chi connectivity index (χ4v) is 0.146. The van der Waals surface area contributed by atoms with E-state index in [9.17, 15) is 9.59 Å². The molecule has 0 radical (unpaired) electrons. The SMILES string of the molecule is O=C(O)C(=O)OB(O)O.[AlH3]. The number of rotatable bonds is 1. The molecule has 0 amide bonds. The van der Waals surface area contributed by atoms with Crippen molar-refractivity contribution >= 4 is 36.6 Å². The van der Waals surface area contributed by atoms with Crippen LogP contribution in [0.4, 0.5) is 0 Å². The number of hydrogen-bond donors (Lipinski definition) is 3. The number of hydrogen-bond acceptors (Lipinski definition) is 5. The van der Waals surface area contributed by atoms with Crippen LogP contribution in [0.2, 0.25) is 0 Å². The Balaban J connectivity index is 0. The summed E-state index contributed by atoms with van der Waals surface area (Å²) in [7, 11) is -2.37. The molecule has 0 aliphatic heterocycles. The van der Waals surface area contributed by atoms with Crippen LogP contribution in [0.3, 0.4) is 0 Å². The van der Waals surface area contributed by atoms with Crippen molar-refractivity contribution in [2.45, 2.75) is 0 Å². The minimum absolute atomic E-state index is 0. The van der Waals surface area contributed by atoms with Gasteiger partial charge in [-0.1, -0.05) is 0 Å². The van der Waals surface area contributed by atoms with Gasteiger partial charge in [0.1, 0.15) is 0 Å². The molecule has 0 fully saturated rings. The van der Waals surface area contributed by atoms with Crippen molar-refractivity contribution in [3.8, 4) is 0 Å². The van der Waals surface area contributed by atoms with Gasteiger partial charge in [0.25, 0.3) is 0 Å². The minimum atomic E-state index is -2.37. The molecule has 0 aliphatic rings. The largest absolute Gasteiger partial charge is 0.709 e. The molecule has 0 saturated carbocycles. The van der Waals surface area contributed by atoms with E-state index in [4.69, 9.17) is 15.2 Å². The highest BCUT2D eigenvalue weighted by Gasteiger charge is 2.21. The van der Waals surface area contributed by atoms with Crippen molar-refractivity contribution < 1.29 is 29.4 Å². The number of carbonyl (C=O) groups is 2. The van der Waals surface area contributed by atoms with Crippen molar-refractivity contribution in [1.82, 2.24) is 0 Å². The van der Waals surface area contributed by atoms with E-state index < -0.39 is 19.3 Å².